The smallest absolute Gasteiger partial charge is 0.306 e. The van der Waals surface area contributed by atoms with Crippen molar-refractivity contribution in [3.05, 3.63) is 30.3 Å². The number of halogens is 1. The molecule has 0 radical (unpaired) electrons. The van der Waals surface area contributed by atoms with Crippen LogP contribution in [0, 0.1) is 0 Å². The Labute approximate surface area is 68.4 Å². The minimum atomic E-state index is -4.81. The SMILES string of the molecule is O=P(O)(O)N(F)c1ccccc1. The molecular weight excluding hydrogens is 184 g/mol. The lowest BCUT2D eigenvalue weighted by atomic mass is 10.3. The Hall–Kier alpha value is -0.900. The highest BCUT2D eigenvalue weighted by molar-refractivity contribution is 7.53. The van der Waals surface area contributed by atoms with E-state index < -0.39 is 12.6 Å². The molecule has 2 N–H and O–H groups in total. The lowest BCUT2D eigenvalue weighted by molar-refractivity contribution is 0.333. The van der Waals surface area contributed by atoms with Gasteiger partial charge in [0.25, 0.3) is 0 Å². The highest BCUT2D eigenvalue weighted by atomic mass is 31.2. The van der Waals surface area contributed by atoms with Gasteiger partial charge in [0.15, 0.2) is 0 Å². The zero-order chi connectivity index (χ0) is 9.19. The summed E-state index contributed by atoms with van der Waals surface area (Å²) in [5, 5.41) is 0. The topological polar surface area (TPSA) is 60.8 Å². The second kappa shape index (κ2) is 3.23. The van der Waals surface area contributed by atoms with E-state index in [1.54, 1.807) is 6.07 Å². The van der Waals surface area contributed by atoms with Crippen molar-refractivity contribution in [1.29, 1.82) is 0 Å². The summed E-state index contributed by atoms with van der Waals surface area (Å²) in [5.41, 5.74) is -0.161. The van der Waals surface area contributed by atoms with Gasteiger partial charge in [0.2, 0.25) is 0 Å². The Morgan fingerprint density at radius 1 is 1.25 bits per heavy atom. The number of benzene rings is 1. The van der Waals surface area contributed by atoms with E-state index in [-0.39, 0.29) is 5.69 Å². The molecule has 1 aromatic carbocycles. The van der Waals surface area contributed by atoms with Crippen LogP contribution in [0.2, 0.25) is 0 Å². The molecule has 0 unspecified atom stereocenters. The van der Waals surface area contributed by atoms with Gasteiger partial charge in [0.1, 0.15) is 0 Å². The normalized spacial score (nSPS) is 11.2. The molecule has 0 fully saturated rings. The Bertz CT molecular complexity index is 299. The number of nitrogens with zero attached hydrogens (tertiary/aromatic N) is 1. The maximum Gasteiger partial charge on any atom is 0.457 e. The minimum absolute atomic E-state index is 0.161. The number of rotatable bonds is 2. The van der Waals surface area contributed by atoms with Gasteiger partial charge in [-0.3, -0.25) is 0 Å². The van der Waals surface area contributed by atoms with Gasteiger partial charge in [-0.05, 0) is 12.1 Å². The molecule has 0 aliphatic rings. The monoisotopic (exact) mass is 191 g/mol. The third-order valence-electron chi connectivity index (χ3n) is 1.20. The number of anilines is 1. The summed E-state index contributed by atoms with van der Waals surface area (Å²) in [6, 6.07) is 7.12. The Balaban J connectivity index is 2.94. The summed E-state index contributed by atoms with van der Waals surface area (Å²) in [6.07, 6.45) is 0. The molecule has 6 heteroatoms. The van der Waals surface area contributed by atoms with Gasteiger partial charge in [-0.2, -0.15) is 0 Å². The second-order valence-corrected chi connectivity index (χ2v) is 3.49. The van der Waals surface area contributed by atoms with Crippen LogP contribution in [0.3, 0.4) is 0 Å². The number of hydrogen-bond acceptors (Lipinski definition) is 1. The van der Waals surface area contributed by atoms with Crippen LogP contribution in [-0.4, -0.2) is 9.79 Å². The maximum absolute atomic E-state index is 12.7. The first-order chi connectivity index (χ1) is 5.52. The fraction of sp³-hybridized carbons (Fsp3) is 0. The van der Waals surface area contributed by atoms with Crippen LogP contribution < -0.4 is 4.89 Å². The molecule has 0 heterocycles. The fourth-order valence-electron chi connectivity index (χ4n) is 0.701. The lowest BCUT2D eigenvalue weighted by Crippen LogP contribution is -2.06. The van der Waals surface area contributed by atoms with Crippen molar-refractivity contribution in [2.24, 2.45) is 0 Å². The number of hydrogen-bond donors (Lipinski definition) is 2. The van der Waals surface area contributed by atoms with E-state index in [2.05, 4.69) is 0 Å². The molecule has 1 aromatic rings. The van der Waals surface area contributed by atoms with Crippen LogP contribution in [-0.2, 0) is 4.57 Å². The first kappa shape index (κ1) is 9.19. The van der Waals surface area contributed by atoms with Gasteiger partial charge < -0.3 is 9.79 Å². The molecule has 66 valence electrons. The summed E-state index contributed by atoms with van der Waals surface area (Å²) >= 11 is 0. The fourth-order valence-corrected chi connectivity index (χ4v) is 1.14. The van der Waals surface area contributed by atoms with Crippen molar-refractivity contribution in [1.82, 2.24) is 0 Å². The van der Waals surface area contributed by atoms with E-state index in [0.29, 0.717) is 0 Å². The molecule has 0 amide bonds. The minimum Gasteiger partial charge on any atom is -0.306 e. The third kappa shape index (κ3) is 2.04. The van der Waals surface area contributed by atoms with Gasteiger partial charge in [-0.1, -0.05) is 22.7 Å². The van der Waals surface area contributed by atoms with Gasteiger partial charge in [-0.15, -0.1) is 4.89 Å². The van der Waals surface area contributed by atoms with Crippen molar-refractivity contribution in [2.45, 2.75) is 0 Å². The van der Waals surface area contributed by atoms with Crippen molar-refractivity contribution in [3.63, 3.8) is 0 Å². The van der Waals surface area contributed by atoms with E-state index >= 15 is 0 Å². The first-order valence-corrected chi connectivity index (χ1v) is 4.65. The summed E-state index contributed by atoms with van der Waals surface area (Å²) in [6.45, 7) is 0. The van der Waals surface area contributed by atoms with Gasteiger partial charge in [-0.25, -0.2) is 4.57 Å². The average molecular weight is 191 g/mol. The van der Waals surface area contributed by atoms with E-state index in [4.69, 9.17) is 9.79 Å². The zero-order valence-electron chi connectivity index (χ0n) is 5.96. The summed E-state index contributed by atoms with van der Waals surface area (Å²) in [7, 11) is -4.81. The quantitative estimate of drug-likeness (QED) is 0.548. The molecule has 12 heavy (non-hydrogen) atoms. The van der Waals surface area contributed by atoms with Crippen LogP contribution in [0.15, 0.2) is 30.3 Å². The van der Waals surface area contributed by atoms with Gasteiger partial charge in [0.05, 0.1) is 5.69 Å². The third-order valence-corrected chi connectivity index (χ3v) is 1.89. The molecule has 0 aliphatic carbocycles. The van der Waals surface area contributed by atoms with E-state index in [0.717, 1.165) is 0 Å². The second-order valence-electron chi connectivity index (χ2n) is 2.11. The average Bonchev–Trinajstić information content (AvgIpc) is 2.03. The largest absolute Gasteiger partial charge is 0.457 e. The Morgan fingerprint density at radius 3 is 2.17 bits per heavy atom. The van der Waals surface area contributed by atoms with E-state index in [9.17, 15) is 9.05 Å². The molecule has 0 saturated carbocycles. The molecule has 0 bridgehead atoms. The molecule has 0 spiro atoms. The molecule has 0 saturated heterocycles. The molecule has 1 rings (SSSR count). The predicted octanol–water partition coefficient (Wildman–Crippen LogP) is 1.47. The Kier molecular flexibility index (Phi) is 2.47. The maximum atomic E-state index is 12.7. The molecule has 4 nitrogen and oxygen atoms in total. The van der Waals surface area contributed by atoms with Crippen LogP contribution >= 0.6 is 7.75 Å². The molecule has 0 atom stereocenters. The lowest BCUT2D eigenvalue weighted by Gasteiger charge is -2.13. The highest BCUT2D eigenvalue weighted by Crippen LogP contribution is 2.43. The van der Waals surface area contributed by atoms with Crippen LogP contribution in [0.25, 0.3) is 0 Å². The van der Waals surface area contributed by atoms with Crippen molar-refractivity contribution in [2.75, 3.05) is 4.89 Å². The summed E-state index contributed by atoms with van der Waals surface area (Å²) in [5.74, 6) is 0. The van der Waals surface area contributed by atoms with E-state index in [1.165, 1.54) is 24.3 Å². The van der Waals surface area contributed by atoms with Crippen LogP contribution in [0.5, 0.6) is 0 Å². The molecular formula is C6H7FNO3P. The summed E-state index contributed by atoms with van der Waals surface area (Å²) < 4.78 is 23.1. The standard InChI is InChI=1S/C6H7FNO3P/c7-8(12(9,10)11)6-4-2-1-3-5-6/h1-5H,(H2,9,10,11). The van der Waals surface area contributed by atoms with Crippen molar-refractivity contribution in [3.8, 4) is 0 Å². The number of para-hydroxylation sites is 1. The van der Waals surface area contributed by atoms with Gasteiger partial charge in [0, 0.05) is 0 Å². The first-order valence-electron chi connectivity index (χ1n) is 3.09. The highest BCUT2D eigenvalue weighted by Gasteiger charge is 2.25. The van der Waals surface area contributed by atoms with E-state index in [1.807, 2.05) is 0 Å². The van der Waals surface area contributed by atoms with Crippen molar-refractivity contribution >= 4 is 13.4 Å². The van der Waals surface area contributed by atoms with Crippen LogP contribution in [0.4, 0.5) is 10.2 Å². The molecule has 0 aliphatic heterocycles. The van der Waals surface area contributed by atoms with Crippen molar-refractivity contribution < 1.29 is 18.8 Å². The predicted molar refractivity (Wildman–Crippen MR) is 42.1 cm³/mol. The summed E-state index contributed by atoms with van der Waals surface area (Å²) in [4.78, 5) is 16.2. The zero-order valence-corrected chi connectivity index (χ0v) is 6.86. The molecule has 0 aromatic heterocycles. The van der Waals surface area contributed by atoms with Gasteiger partial charge >= 0.3 is 7.75 Å². The van der Waals surface area contributed by atoms with Crippen LogP contribution in [0.1, 0.15) is 0 Å². The Morgan fingerprint density at radius 2 is 1.75 bits per heavy atom.